The Hall–Kier alpha value is -2.50. The summed E-state index contributed by atoms with van der Waals surface area (Å²) in [5.74, 6) is -1.01. The molecule has 0 fully saturated rings. The van der Waals surface area contributed by atoms with Crippen molar-refractivity contribution in [2.45, 2.75) is 13.5 Å². The van der Waals surface area contributed by atoms with Crippen LogP contribution in [0.4, 0.5) is 20.2 Å². The predicted molar refractivity (Wildman–Crippen MR) is 71.5 cm³/mol. The monoisotopic (exact) mass is 278 g/mol. The standard InChI is InChI=1S/C14H12F2N2O2/c1-9-2-3-10(6-12(9)16)8-17-13-5-4-11(15)7-14(13)18(19)20/h2-7,17H,8H2,1H3. The largest absolute Gasteiger partial charge is 0.375 e. The summed E-state index contributed by atoms with van der Waals surface area (Å²) in [6.45, 7) is 1.86. The molecular formula is C14H12F2N2O2. The van der Waals surface area contributed by atoms with E-state index < -0.39 is 10.7 Å². The van der Waals surface area contributed by atoms with Gasteiger partial charge in [0.25, 0.3) is 5.69 Å². The summed E-state index contributed by atoms with van der Waals surface area (Å²) in [5, 5.41) is 13.6. The molecule has 0 aliphatic heterocycles. The van der Waals surface area contributed by atoms with Gasteiger partial charge in [0.2, 0.25) is 0 Å². The van der Waals surface area contributed by atoms with Crippen LogP contribution >= 0.6 is 0 Å². The topological polar surface area (TPSA) is 55.2 Å². The number of anilines is 1. The maximum atomic E-state index is 13.4. The summed E-state index contributed by atoms with van der Waals surface area (Å²) in [7, 11) is 0. The van der Waals surface area contributed by atoms with E-state index in [0.29, 0.717) is 11.1 Å². The molecule has 2 rings (SSSR count). The first-order chi connectivity index (χ1) is 9.47. The maximum absolute atomic E-state index is 13.4. The Morgan fingerprint density at radius 3 is 2.60 bits per heavy atom. The molecule has 4 nitrogen and oxygen atoms in total. The minimum atomic E-state index is -0.677. The molecular weight excluding hydrogens is 266 g/mol. The van der Waals surface area contributed by atoms with Crippen molar-refractivity contribution in [3.8, 4) is 0 Å². The van der Waals surface area contributed by atoms with E-state index in [1.165, 1.54) is 12.1 Å². The number of halogens is 2. The second-order valence-electron chi connectivity index (χ2n) is 4.36. The second kappa shape index (κ2) is 5.64. The van der Waals surface area contributed by atoms with Crippen molar-refractivity contribution in [1.29, 1.82) is 0 Å². The van der Waals surface area contributed by atoms with Crippen LogP contribution in [0, 0.1) is 28.7 Å². The van der Waals surface area contributed by atoms with Gasteiger partial charge in [-0.2, -0.15) is 0 Å². The Labute approximate surface area is 114 Å². The summed E-state index contributed by atoms with van der Waals surface area (Å²) < 4.78 is 26.4. The lowest BCUT2D eigenvalue weighted by Crippen LogP contribution is -2.03. The van der Waals surface area contributed by atoms with Crippen molar-refractivity contribution < 1.29 is 13.7 Å². The molecule has 0 saturated heterocycles. The normalized spacial score (nSPS) is 10.3. The van der Waals surface area contributed by atoms with E-state index >= 15 is 0 Å². The van der Waals surface area contributed by atoms with E-state index in [1.54, 1.807) is 19.1 Å². The van der Waals surface area contributed by atoms with Gasteiger partial charge >= 0.3 is 0 Å². The average molecular weight is 278 g/mol. The first kappa shape index (κ1) is 13.9. The van der Waals surface area contributed by atoms with Crippen LogP contribution in [-0.2, 0) is 6.54 Å². The number of nitrogens with one attached hydrogen (secondary N) is 1. The number of aryl methyl sites for hydroxylation is 1. The Balaban J connectivity index is 2.18. The Morgan fingerprint density at radius 2 is 1.95 bits per heavy atom. The smallest absolute Gasteiger partial charge is 0.295 e. The highest BCUT2D eigenvalue weighted by Gasteiger charge is 2.14. The lowest BCUT2D eigenvalue weighted by atomic mass is 10.1. The SMILES string of the molecule is Cc1ccc(CNc2ccc(F)cc2[N+](=O)[O-])cc1F. The summed E-state index contributed by atoms with van der Waals surface area (Å²) in [6.07, 6.45) is 0. The van der Waals surface area contributed by atoms with Gasteiger partial charge in [-0.3, -0.25) is 10.1 Å². The van der Waals surface area contributed by atoms with Crippen molar-refractivity contribution in [2.24, 2.45) is 0 Å². The van der Waals surface area contributed by atoms with E-state index in [9.17, 15) is 18.9 Å². The number of rotatable bonds is 4. The van der Waals surface area contributed by atoms with Gasteiger partial charge in [-0.1, -0.05) is 12.1 Å². The van der Waals surface area contributed by atoms with Crippen molar-refractivity contribution in [3.05, 3.63) is 69.3 Å². The van der Waals surface area contributed by atoms with Crippen LogP contribution in [0.1, 0.15) is 11.1 Å². The summed E-state index contributed by atoms with van der Waals surface area (Å²) in [4.78, 5) is 10.2. The zero-order valence-electron chi connectivity index (χ0n) is 10.7. The highest BCUT2D eigenvalue weighted by atomic mass is 19.1. The van der Waals surface area contributed by atoms with Gasteiger partial charge in [0.1, 0.15) is 17.3 Å². The second-order valence-corrected chi connectivity index (χ2v) is 4.36. The summed E-state index contributed by atoms with van der Waals surface area (Å²) >= 11 is 0. The van der Waals surface area contributed by atoms with Gasteiger partial charge in [-0.25, -0.2) is 8.78 Å². The quantitative estimate of drug-likeness (QED) is 0.683. The molecule has 0 spiro atoms. The van der Waals surface area contributed by atoms with E-state index in [0.717, 1.165) is 12.1 Å². The molecule has 6 heteroatoms. The van der Waals surface area contributed by atoms with Gasteiger partial charge in [0, 0.05) is 6.54 Å². The molecule has 0 heterocycles. The molecule has 0 unspecified atom stereocenters. The number of nitro benzene ring substituents is 1. The fourth-order valence-corrected chi connectivity index (χ4v) is 1.75. The Morgan fingerprint density at radius 1 is 1.20 bits per heavy atom. The molecule has 1 N–H and O–H groups in total. The lowest BCUT2D eigenvalue weighted by Gasteiger charge is -2.08. The number of hydrogen-bond donors (Lipinski definition) is 1. The molecule has 0 bridgehead atoms. The highest BCUT2D eigenvalue weighted by molar-refractivity contribution is 5.61. The first-order valence-corrected chi connectivity index (χ1v) is 5.90. The number of nitro groups is 1. The minimum absolute atomic E-state index is 0.192. The zero-order valence-corrected chi connectivity index (χ0v) is 10.7. The molecule has 0 amide bonds. The van der Waals surface area contributed by atoms with Crippen LogP contribution in [0.3, 0.4) is 0 Å². The molecule has 0 saturated carbocycles. The van der Waals surface area contributed by atoms with Crippen molar-refractivity contribution in [1.82, 2.24) is 0 Å². The number of nitrogens with zero attached hydrogens (tertiary/aromatic N) is 1. The molecule has 0 atom stereocenters. The van der Waals surface area contributed by atoms with Crippen LogP contribution in [0.25, 0.3) is 0 Å². The number of hydrogen-bond acceptors (Lipinski definition) is 3. The Kier molecular flexibility index (Phi) is 3.93. The molecule has 0 radical (unpaired) electrons. The minimum Gasteiger partial charge on any atom is -0.375 e. The molecule has 0 aliphatic carbocycles. The molecule has 0 aliphatic rings. The van der Waals surface area contributed by atoms with E-state index in [2.05, 4.69) is 5.32 Å². The van der Waals surface area contributed by atoms with E-state index in [-0.39, 0.29) is 23.7 Å². The third kappa shape index (κ3) is 3.09. The fraction of sp³-hybridized carbons (Fsp3) is 0.143. The van der Waals surface area contributed by atoms with Crippen LogP contribution in [0.15, 0.2) is 36.4 Å². The maximum Gasteiger partial charge on any atom is 0.295 e. The summed E-state index contributed by atoms with van der Waals surface area (Å²) in [6, 6.07) is 7.98. The lowest BCUT2D eigenvalue weighted by molar-refractivity contribution is -0.384. The molecule has 20 heavy (non-hydrogen) atoms. The average Bonchev–Trinajstić information content (AvgIpc) is 2.41. The van der Waals surface area contributed by atoms with Crippen LogP contribution in [0.5, 0.6) is 0 Å². The van der Waals surface area contributed by atoms with Crippen molar-refractivity contribution >= 4 is 11.4 Å². The molecule has 0 aromatic heterocycles. The van der Waals surface area contributed by atoms with E-state index in [4.69, 9.17) is 0 Å². The van der Waals surface area contributed by atoms with Crippen molar-refractivity contribution in [3.63, 3.8) is 0 Å². The molecule has 2 aromatic carbocycles. The predicted octanol–water partition coefficient (Wildman–Crippen LogP) is 3.79. The van der Waals surface area contributed by atoms with Gasteiger partial charge in [-0.05, 0) is 36.2 Å². The third-order valence-corrected chi connectivity index (χ3v) is 2.88. The van der Waals surface area contributed by atoms with Gasteiger partial charge in [0.05, 0.1) is 11.0 Å². The van der Waals surface area contributed by atoms with Gasteiger partial charge in [-0.15, -0.1) is 0 Å². The summed E-state index contributed by atoms with van der Waals surface area (Å²) in [5.41, 5.74) is 1.02. The van der Waals surface area contributed by atoms with Crippen LogP contribution < -0.4 is 5.32 Å². The zero-order chi connectivity index (χ0) is 14.7. The highest BCUT2D eigenvalue weighted by Crippen LogP contribution is 2.25. The number of benzene rings is 2. The molecule has 104 valence electrons. The first-order valence-electron chi connectivity index (χ1n) is 5.90. The van der Waals surface area contributed by atoms with Crippen LogP contribution in [0.2, 0.25) is 0 Å². The van der Waals surface area contributed by atoms with Crippen molar-refractivity contribution in [2.75, 3.05) is 5.32 Å². The Bertz CT molecular complexity index is 660. The van der Waals surface area contributed by atoms with Gasteiger partial charge in [0.15, 0.2) is 0 Å². The van der Waals surface area contributed by atoms with E-state index in [1.807, 2.05) is 0 Å². The molecule has 2 aromatic rings. The van der Waals surface area contributed by atoms with Gasteiger partial charge < -0.3 is 5.32 Å². The third-order valence-electron chi connectivity index (χ3n) is 2.88. The fourth-order valence-electron chi connectivity index (χ4n) is 1.75. The van der Waals surface area contributed by atoms with Crippen LogP contribution in [-0.4, -0.2) is 4.92 Å².